The molecule has 0 saturated heterocycles. The molecule has 1 aliphatic carbocycles. The van der Waals surface area contributed by atoms with Crippen LogP contribution < -0.4 is 4.90 Å². The Morgan fingerprint density at radius 3 is 2.42 bits per heavy atom. The van der Waals surface area contributed by atoms with E-state index in [4.69, 9.17) is 4.98 Å². The molecule has 1 aliphatic rings. The normalized spacial score (nSPS) is 13.0. The number of allylic oxidation sites excluding steroid dienone is 1. The monoisotopic (exact) mass is 416 g/mol. The SMILES string of the molecule is CCCN(CCC)c1cccc2ccc(C3=C(O)c4cc(C(=O)O)ccc4C3=O)nc12. The molecule has 158 valence electrons. The van der Waals surface area contributed by atoms with E-state index >= 15 is 0 Å². The Hall–Kier alpha value is -3.67. The van der Waals surface area contributed by atoms with Crippen LogP contribution in [0.25, 0.3) is 22.2 Å². The molecule has 0 bridgehead atoms. The van der Waals surface area contributed by atoms with Crippen molar-refractivity contribution in [3.63, 3.8) is 0 Å². The number of Topliss-reactive ketones (excluding diaryl/α,β-unsaturated/α-hetero) is 1. The summed E-state index contributed by atoms with van der Waals surface area (Å²) in [5.41, 5.74) is 2.79. The summed E-state index contributed by atoms with van der Waals surface area (Å²) in [6.07, 6.45) is 2.00. The molecule has 31 heavy (non-hydrogen) atoms. The number of hydrogen-bond donors (Lipinski definition) is 2. The number of aromatic carboxylic acids is 1. The van der Waals surface area contributed by atoms with Gasteiger partial charge in [-0.15, -0.1) is 0 Å². The molecule has 1 heterocycles. The number of carboxylic acids is 1. The first-order valence-electron chi connectivity index (χ1n) is 10.5. The van der Waals surface area contributed by atoms with Crippen LogP contribution in [0, 0.1) is 0 Å². The quantitative estimate of drug-likeness (QED) is 0.551. The average Bonchev–Trinajstić information content (AvgIpc) is 3.02. The molecule has 0 aliphatic heterocycles. The molecule has 0 atom stereocenters. The summed E-state index contributed by atoms with van der Waals surface area (Å²) < 4.78 is 0. The van der Waals surface area contributed by atoms with Gasteiger partial charge in [-0.3, -0.25) is 4.79 Å². The van der Waals surface area contributed by atoms with E-state index in [9.17, 15) is 19.8 Å². The van der Waals surface area contributed by atoms with E-state index < -0.39 is 5.97 Å². The van der Waals surface area contributed by atoms with Crippen molar-refractivity contribution in [3.8, 4) is 0 Å². The molecular weight excluding hydrogens is 392 g/mol. The minimum absolute atomic E-state index is 0.0166. The van der Waals surface area contributed by atoms with E-state index in [-0.39, 0.29) is 33.8 Å². The number of rotatable bonds is 7. The zero-order chi connectivity index (χ0) is 22.1. The number of carbonyl (C=O) groups excluding carboxylic acids is 1. The van der Waals surface area contributed by atoms with E-state index in [0.717, 1.165) is 42.5 Å². The van der Waals surface area contributed by atoms with Gasteiger partial charge in [0, 0.05) is 29.6 Å². The number of anilines is 1. The topological polar surface area (TPSA) is 90.7 Å². The Balaban J connectivity index is 1.85. The molecule has 0 fully saturated rings. The second-order valence-electron chi connectivity index (χ2n) is 7.65. The fourth-order valence-corrected chi connectivity index (χ4v) is 4.10. The van der Waals surface area contributed by atoms with Crippen molar-refractivity contribution in [2.75, 3.05) is 18.0 Å². The maximum atomic E-state index is 13.0. The Kier molecular flexibility index (Phi) is 5.46. The lowest BCUT2D eigenvalue weighted by Gasteiger charge is -2.25. The summed E-state index contributed by atoms with van der Waals surface area (Å²) in [7, 11) is 0. The molecule has 0 saturated carbocycles. The second kappa shape index (κ2) is 8.22. The molecule has 1 aromatic heterocycles. The van der Waals surface area contributed by atoms with Gasteiger partial charge < -0.3 is 15.1 Å². The number of para-hydroxylation sites is 1. The lowest BCUT2D eigenvalue weighted by molar-refractivity contribution is 0.0696. The lowest BCUT2D eigenvalue weighted by atomic mass is 10.0. The van der Waals surface area contributed by atoms with Gasteiger partial charge in [0.15, 0.2) is 5.78 Å². The van der Waals surface area contributed by atoms with Gasteiger partial charge >= 0.3 is 5.97 Å². The van der Waals surface area contributed by atoms with Crippen molar-refractivity contribution in [2.45, 2.75) is 26.7 Å². The number of carboxylic acid groups (broad SMARTS) is 1. The predicted molar refractivity (Wildman–Crippen MR) is 122 cm³/mol. The third kappa shape index (κ3) is 3.54. The standard InChI is InChI=1S/C25H24N2O4/c1-3-12-27(13-4-2)20-7-5-6-15-9-11-19(26-22(15)20)21-23(28)17-10-8-16(25(30)31)14-18(17)24(21)29/h5-11,14,29H,3-4,12-13H2,1-2H3,(H,30,31). The van der Waals surface area contributed by atoms with Crippen molar-refractivity contribution in [3.05, 3.63) is 70.9 Å². The van der Waals surface area contributed by atoms with Crippen LogP contribution in [0.3, 0.4) is 0 Å². The zero-order valence-electron chi connectivity index (χ0n) is 17.6. The first-order chi connectivity index (χ1) is 15.0. The number of aliphatic hydroxyl groups excluding tert-OH is 1. The highest BCUT2D eigenvalue weighted by molar-refractivity contribution is 6.38. The van der Waals surface area contributed by atoms with Gasteiger partial charge in [-0.2, -0.15) is 0 Å². The highest BCUT2D eigenvalue weighted by Crippen LogP contribution is 2.38. The average molecular weight is 416 g/mol. The Morgan fingerprint density at radius 2 is 1.74 bits per heavy atom. The van der Waals surface area contributed by atoms with Crippen molar-refractivity contribution < 1.29 is 19.8 Å². The van der Waals surface area contributed by atoms with Crippen molar-refractivity contribution >= 4 is 39.7 Å². The van der Waals surface area contributed by atoms with E-state index in [1.54, 1.807) is 6.07 Å². The van der Waals surface area contributed by atoms with Crippen LogP contribution in [0.2, 0.25) is 0 Å². The highest BCUT2D eigenvalue weighted by atomic mass is 16.4. The number of hydrogen-bond acceptors (Lipinski definition) is 5. The van der Waals surface area contributed by atoms with Gasteiger partial charge in [-0.05, 0) is 43.2 Å². The van der Waals surface area contributed by atoms with Gasteiger partial charge in [-0.25, -0.2) is 9.78 Å². The molecule has 4 rings (SSSR count). The third-order valence-corrected chi connectivity index (χ3v) is 5.51. The van der Waals surface area contributed by atoms with Gasteiger partial charge in [-0.1, -0.05) is 32.0 Å². The molecule has 2 aromatic carbocycles. The maximum Gasteiger partial charge on any atom is 0.335 e. The summed E-state index contributed by atoms with van der Waals surface area (Å²) in [6.45, 7) is 6.06. The van der Waals surface area contributed by atoms with Crippen LogP contribution in [0.15, 0.2) is 48.5 Å². The Labute approximate surface area is 180 Å². The van der Waals surface area contributed by atoms with Crippen LogP contribution in [0.4, 0.5) is 5.69 Å². The molecule has 6 nitrogen and oxygen atoms in total. The van der Waals surface area contributed by atoms with Crippen molar-refractivity contribution in [1.29, 1.82) is 0 Å². The summed E-state index contributed by atoms with van der Waals surface area (Å²) in [4.78, 5) is 31.4. The fourth-order valence-electron chi connectivity index (χ4n) is 4.10. The van der Waals surface area contributed by atoms with Gasteiger partial charge in [0.1, 0.15) is 5.76 Å². The summed E-state index contributed by atoms with van der Waals surface area (Å²) in [5, 5.41) is 21.0. The van der Waals surface area contributed by atoms with E-state index in [0.29, 0.717) is 5.69 Å². The predicted octanol–water partition coefficient (Wildman–Crippen LogP) is 5.18. The molecule has 0 spiro atoms. The van der Waals surface area contributed by atoms with Crippen LogP contribution in [-0.2, 0) is 0 Å². The van der Waals surface area contributed by atoms with E-state index in [2.05, 4.69) is 18.7 Å². The first-order valence-corrected chi connectivity index (χ1v) is 10.5. The number of pyridine rings is 1. The lowest BCUT2D eigenvalue weighted by Crippen LogP contribution is -2.25. The fraction of sp³-hybridized carbons (Fsp3) is 0.240. The van der Waals surface area contributed by atoms with Gasteiger partial charge in [0.25, 0.3) is 0 Å². The zero-order valence-corrected chi connectivity index (χ0v) is 17.6. The van der Waals surface area contributed by atoms with Gasteiger partial charge in [0.05, 0.1) is 28.0 Å². The van der Waals surface area contributed by atoms with Crippen LogP contribution in [0.5, 0.6) is 0 Å². The first kappa shape index (κ1) is 20.6. The smallest absolute Gasteiger partial charge is 0.335 e. The number of ketones is 1. The van der Waals surface area contributed by atoms with Crippen molar-refractivity contribution in [1.82, 2.24) is 4.98 Å². The van der Waals surface area contributed by atoms with Crippen LogP contribution in [-0.4, -0.2) is 40.0 Å². The third-order valence-electron chi connectivity index (χ3n) is 5.51. The molecule has 3 aromatic rings. The molecule has 0 radical (unpaired) electrons. The number of carbonyl (C=O) groups is 2. The number of benzene rings is 2. The molecule has 2 N–H and O–H groups in total. The Bertz CT molecular complexity index is 1220. The molecule has 0 unspecified atom stereocenters. The minimum Gasteiger partial charge on any atom is -0.506 e. The molecule has 0 amide bonds. The molecular formula is C25H24N2O4. The van der Waals surface area contributed by atoms with E-state index in [1.165, 1.54) is 18.2 Å². The molecule has 6 heteroatoms. The summed E-state index contributed by atoms with van der Waals surface area (Å²) in [5.74, 6) is -1.70. The van der Waals surface area contributed by atoms with Gasteiger partial charge in [0.2, 0.25) is 0 Å². The largest absolute Gasteiger partial charge is 0.506 e. The number of fused-ring (bicyclic) bond motifs is 2. The summed E-state index contributed by atoms with van der Waals surface area (Å²) >= 11 is 0. The van der Waals surface area contributed by atoms with Crippen molar-refractivity contribution in [2.24, 2.45) is 0 Å². The number of aromatic nitrogens is 1. The summed E-state index contributed by atoms with van der Waals surface area (Å²) in [6, 6.07) is 13.8. The second-order valence-corrected chi connectivity index (χ2v) is 7.65. The minimum atomic E-state index is -1.11. The number of aliphatic hydroxyl groups is 1. The van der Waals surface area contributed by atoms with E-state index in [1.807, 2.05) is 24.3 Å². The van der Waals surface area contributed by atoms with Crippen LogP contribution in [0.1, 0.15) is 58.7 Å². The number of nitrogens with zero attached hydrogens (tertiary/aromatic N) is 2. The highest BCUT2D eigenvalue weighted by Gasteiger charge is 2.32. The Morgan fingerprint density at radius 1 is 1.00 bits per heavy atom. The van der Waals surface area contributed by atoms with Crippen LogP contribution >= 0.6 is 0 Å². The maximum absolute atomic E-state index is 13.0.